The van der Waals surface area contributed by atoms with Crippen molar-refractivity contribution in [2.24, 2.45) is 10.0 Å². The van der Waals surface area contributed by atoms with Crippen LogP contribution in [0.25, 0.3) is 11.4 Å². The van der Waals surface area contributed by atoms with Crippen molar-refractivity contribution in [2.75, 3.05) is 21.7 Å². The molecule has 8 N–H and O–H groups in total. The maximum absolute atomic E-state index is 14.1. The first-order valence-corrected chi connectivity index (χ1v) is 21.8. The molecular weight excluding hydrogens is 1090 g/mol. The van der Waals surface area contributed by atoms with E-state index in [4.69, 9.17) is 16.6 Å². The standard InChI is InChI=1S/C11H11F2NO.C10H8BrF2N5.C10H9F2N5.C6H4BrF2N.C4H9NO2.BHNS/c1-11(2)10(15)5-7-8(13)3-6(12)4-9(7)14-11;1-10(2)9-15-16-17-18(9)8-5(14-10)3-4(12)6(11)7(8)13;1-10(2)9-14-15-16-17(9)8-6(12)3-5(11)4-7(8)13-10;7-4-1-3(8)2-5(9)6(4)10;1-4(2,5)3(6)7;1-2-3/h3-4,14H,5H2,1-2H3;3,14H,1-2H3;3-4,13H,1-2H3;1-2H,10H2;5H2,1-2H3,(H,6,7);3H. The zero-order valence-electron chi connectivity index (χ0n) is 38.0. The fourth-order valence-corrected chi connectivity index (χ4v) is 6.95. The van der Waals surface area contributed by atoms with Crippen LogP contribution in [-0.2, 0) is 27.1 Å². The number of aromatic nitrogens is 8. The number of hydrogen-bond acceptors (Lipinski definition) is 15. The SMILES string of the molecule is CC(C)(N)C(=O)O.CC1(C)Nc2cc(F)c(Br)c(F)c2-n2nnnc21.CC1(C)Nc2cc(F)cc(F)c2-n2nnnc21.CC1(C)Nc2cc(F)cc(F)c2CC1=O.Nc1c(F)cc(F)cc1Br.[B]=NS. The molecule has 0 saturated heterocycles. The van der Waals surface area contributed by atoms with Gasteiger partial charge in [0, 0.05) is 46.4 Å². The van der Waals surface area contributed by atoms with Crippen LogP contribution in [0.3, 0.4) is 0 Å². The molecule has 0 bridgehead atoms. The predicted octanol–water partition coefficient (Wildman–Crippen LogP) is 8.55. The van der Waals surface area contributed by atoms with Crippen LogP contribution in [0.4, 0.5) is 57.9 Å². The molecule has 3 aliphatic rings. The van der Waals surface area contributed by atoms with Crippen LogP contribution in [0.2, 0.25) is 0 Å². The second-order valence-electron chi connectivity index (χ2n) is 17.2. The predicted molar refractivity (Wildman–Crippen MR) is 253 cm³/mol. The minimum atomic E-state index is -1.08. The Kier molecular flexibility index (Phi) is 17.7. The summed E-state index contributed by atoms with van der Waals surface area (Å²) in [4.78, 5) is 21.5. The molecule has 0 saturated carbocycles. The average Bonchev–Trinajstić information content (AvgIpc) is 3.93. The number of fused-ring (bicyclic) bond motifs is 7. The van der Waals surface area contributed by atoms with Gasteiger partial charge in [-0.15, -0.1) is 10.2 Å². The number of carboxylic acid groups (broad SMARTS) is 1. The van der Waals surface area contributed by atoms with Gasteiger partial charge in [0.1, 0.15) is 51.8 Å². The molecule has 0 unspecified atom stereocenters. The number of nitrogens with two attached hydrogens (primary N) is 2. The Morgan fingerprint density at radius 3 is 1.63 bits per heavy atom. The summed E-state index contributed by atoms with van der Waals surface area (Å²) in [5.41, 5.74) is 8.68. The Morgan fingerprint density at radius 2 is 1.14 bits per heavy atom. The van der Waals surface area contributed by atoms with E-state index in [1.807, 2.05) is 27.7 Å². The van der Waals surface area contributed by atoms with Crippen LogP contribution in [0.15, 0.2) is 55.7 Å². The van der Waals surface area contributed by atoms with Gasteiger partial charge in [0.25, 0.3) is 0 Å². The average molecular weight is 1130 g/mol. The van der Waals surface area contributed by atoms with Gasteiger partial charge in [-0.3, -0.25) is 9.59 Å². The van der Waals surface area contributed by atoms with Gasteiger partial charge in [0.05, 0.1) is 38.2 Å². The van der Waals surface area contributed by atoms with Gasteiger partial charge in [-0.25, -0.2) is 35.1 Å². The minimum absolute atomic E-state index is 0.0153. The van der Waals surface area contributed by atoms with Crippen LogP contribution in [0.5, 0.6) is 0 Å². The molecule has 5 heterocycles. The number of aliphatic carboxylic acids is 1. The molecule has 9 rings (SSSR count). The molecule has 0 aliphatic carbocycles. The first-order chi connectivity index (χ1) is 32.3. The molecular formula is C41H42BBr2F8N14O3S. The van der Waals surface area contributed by atoms with Gasteiger partial charge in [0.15, 0.2) is 29.1 Å². The molecule has 29 heteroatoms. The first kappa shape index (κ1) is 56.5. The fourth-order valence-electron chi connectivity index (χ4n) is 6.24. The third-order valence-electron chi connectivity index (χ3n) is 9.78. The van der Waals surface area contributed by atoms with E-state index in [1.54, 1.807) is 13.8 Å². The molecule has 3 aliphatic heterocycles. The number of rotatable bonds is 1. The Morgan fingerprint density at radius 1 is 0.729 bits per heavy atom. The molecule has 2 aromatic heterocycles. The number of halogens is 10. The van der Waals surface area contributed by atoms with Crippen molar-refractivity contribution in [1.82, 2.24) is 40.4 Å². The van der Waals surface area contributed by atoms with Crippen LogP contribution in [0, 0.1) is 46.5 Å². The summed E-state index contributed by atoms with van der Waals surface area (Å²) in [6, 6.07) is 7.11. The Bertz CT molecular complexity index is 2930. The number of tetrazole rings is 2. The summed E-state index contributed by atoms with van der Waals surface area (Å²) in [7, 11) is 4.34. The maximum atomic E-state index is 14.1. The zero-order valence-corrected chi connectivity index (χ0v) is 42.1. The number of carboxylic acids is 1. The van der Waals surface area contributed by atoms with Gasteiger partial charge in [-0.2, -0.15) is 9.36 Å². The van der Waals surface area contributed by atoms with E-state index >= 15 is 0 Å². The molecule has 17 nitrogen and oxygen atoms in total. The van der Waals surface area contributed by atoms with Crippen LogP contribution < -0.4 is 27.4 Å². The summed E-state index contributed by atoms with van der Waals surface area (Å²) in [6.07, 6.45) is 0.0153. The molecule has 373 valence electrons. The second-order valence-corrected chi connectivity index (χ2v) is 19.1. The number of carbonyl (C=O) groups excluding carboxylic acids is 1. The van der Waals surface area contributed by atoms with E-state index < -0.39 is 74.7 Å². The number of benzene rings is 4. The monoisotopic (exact) mass is 1130 g/mol. The molecule has 6 aromatic rings. The van der Waals surface area contributed by atoms with Crippen molar-refractivity contribution in [3.63, 3.8) is 0 Å². The van der Waals surface area contributed by atoms with E-state index in [-0.39, 0.29) is 43.8 Å². The normalized spacial score (nSPS) is 14.6. The van der Waals surface area contributed by atoms with E-state index in [0.29, 0.717) is 28.7 Å². The topological polar surface area (TPSA) is 242 Å². The number of anilines is 4. The molecule has 70 heavy (non-hydrogen) atoms. The van der Waals surface area contributed by atoms with Crippen molar-refractivity contribution < 1.29 is 49.8 Å². The molecule has 0 fully saturated rings. The van der Waals surface area contributed by atoms with E-state index in [0.717, 1.165) is 24.3 Å². The van der Waals surface area contributed by atoms with Gasteiger partial charge in [0.2, 0.25) is 0 Å². The van der Waals surface area contributed by atoms with E-state index in [9.17, 15) is 44.7 Å². The number of Topliss-reactive ketones (excluding diaryl/α,β-unsaturated/α-hetero) is 1. The van der Waals surface area contributed by atoms with E-state index in [1.165, 1.54) is 41.4 Å². The third kappa shape index (κ3) is 13.0. The first-order valence-electron chi connectivity index (χ1n) is 19.8. The Balaban J connectivity index is 0.000000194. The van der Waals surface area contributed by atoms with Crippen molar-refractivity contribution in [3.8, 4) is 11.4 Å². The molecule has 0 spiro atoms. The van der Waals surface area contributed by atoms with Crippen LogP contribution in [-0.4, -0.2) is 76.0 Å². The second kappa shape index (κ2) is 21.9. The van der Waals surface area contributed by atoms with Gasteiger partial charge in [-0.05, 0) is 126 Å². The number of thiol groups is 1. The molecule has 1 radical (unpaired) electrons. The van der Waals surface area contributed by atoms with Crippen LogP contribution >= 0.6 is 44.7 Å². The van der Waals surface area contributed by atoms with Gasteiger partial charge < -0.3 is 32.5 Å². The van der Waals surface area contributed by atoms with Crippen molar-refractivity contribution >= 4 is 86.8 Å². The van der Waals surface area contributed by atoms with Crippen molar-refractivity contribution in [2.45, 2.75) is 84.0 Å². The number of nitrogens with one attached hydrogen (secondary N) is 3. The molecule has 4 aromatic carbocycles. The summed E-state index contributed by atoms with van der Waals surface area (Å²) >= 11 is 8.95. The number of carbonyl (C=O) groups is 2. The summed E-state index contributed by atoms with van der Waals surface area (Å²) < 4.78 is 111. The summed E-state index contributed by atoms with van der Waals surface area (Å²) in [6.45, 7) is 13.6. The zero-order chi connectivity index (χ0) is 53.0. The van der Waals surface area contributed by atoms with Gasteiger partial charge >= 0.3 is 30.7 Å². The number of nitrogen functional groups attached to an aromatic ring is 1. The van der Waals surface area contributed by atoms with Crippen LogP contribution in [0.1, 0.15) is 72.6 Å². The quantitative estimate of drug-likeness (QED) is 0.0268. The third-order valence-corrected chi connectivity index (χ3v) is 11.2. The fraction of sp³-hybridized carbons (Fsp3) is 0.317. The Hall–Kier alpha value is -6.07. The van der Waals surface area contributed by atoms with Crippen molar-refractivity contribution in [1.29, 1.82) is 0 Å². The number of nitrogens with zero attached hydrogens (tertiary/aromatic N) is 9. The number of ketones is 1. The molecule has 0 atom stereocenters. The molecule has 0 amide bonds. The van der Waals surface area contributed by atoms with E-state index in [2.05, 4.69) is 104 Å². The summed E-state index contributed by atoms with van der Waals surface area (Å²) in [5.74, 6) is -5.56. The summed E-state index contributed by atoms with van der Waals surface area (Å²) in [5, 5.41) is 39.3. The van der Waals surface area contributed by atoms with Crippen molar-refractivity contribution in [3.05, 3.63) is 115 Å². The van der Waals surface area contributed by atoms with Gasteiger partial charge in [-0.1, -0.05) is 0 Å². The Labute approximate surface area is 417 Å². The number of hydrogen-bond donors (Lipinski definition) is 7.